The highest BCUT2D eigenvalue weighted by Gasteiger charge is 2.21. The standard InChI is InChI=1S/C16H17N7O4S2.C15H16N3O3P/c1-27-10-15(24)18-17-11-5-7-12(8-6-11)20-29(25,26)14-4-2-3-13(9-14)23-16(28)19-21-22-23;1-11-3-8-15(12(2)9-11)21-22(20)18-14-6-4-13(5-7-14)17-16-10-19/h2-9,17,20H,10H2,1H3,(H,18,24)(H,19,22,28);3-10,17H,1-2H3,(H-,16,18,19,20)/p+1. The van der Waals surface area contributed by atoms with E-state index in [-0.39, 0.29) is 22.2 Å². The van der Waals surface area contributed by atoms with E-state index in [1.807, 2.05) is 26.0 Å². The number of rotatable bonds is 15. The number of sulfonamides is 1. The van der Waals surface area contributed by atoms with Gasteiger partial charge in [-0.1, -0.05) is 34.1 Å². The molecule has 0 aliphatic heterocycles. The zero-order valence-electron chi connectivity index (χ0n) is 27.4. The van der Waals surface area contributed by atoms with Gasteiger partial charge in [-0.05, 0) is 104 Å². The van der Waals surface area contributed by atoms with Crippen molar-refractivity contribution in [1.82, 2.24) is 31.1 Å². The lowest BCUT2D eigenvalue weighted by Crippen LogP contribution is -2.32. The maximum absolute atomic E-state index is 12.7. The van der Waals surface area contributed by atoms with Crippen molar-refractivity contribution in [3.05, 3.63) is 107 Å². The number of nitrogens with one attached hydrogen (secondary N) is 7. The van der Waals surface area contributed by atoms with Crippen molar-refractivity contribution >= 4 is 65.5 Å². The van der Waals surface area contributed by atoms with Gasteiger partial charge in [0.1, 0.15) is 6.61 Å². The number of tetrazole rings is 1. The number of H-pyrrole nitrogens is 1. The molecule has 1 aromatic heterocycles. The van der Waals surface area contributed by atoms with Gasteiger partial charge in [0.25, 0.3) is 15.9 Å². The molecule has 0 aliphatic carbocycles. The molecule has 0 bridgehead atoms. The number of hydrogen-bond donors (Lipinski definition) is 7. The third kappa shape index (κ3) is 11.6. The normalized spacial score (nSPS) is 10.8. The number of anilines is 4. The molecule has 0 fully saturated rings. The summed E-state index contributed by atoms with van der Waals surface area (Å²) in [4.78, 5) is 21.6. The number of aryl methyl sites for hydroxylation is 2. The van der Waals surface area contributed by atoms with E-state index in [0.29, 0.717) is 40.6 Å². The topological polar surface area (TPSA) is 222 Å². The zero-order chi connectivity index (χ0) is 36.8. The van der Waals surface area contributed by atoms with E-state index >= 15 is 0 Å². The van der Waals surface area contributed by atoms with E-state index < -0.39 is 18.2 Å². The molecule has 7 N–H and O–H groups in total. The van der Waals surface area contributed by atoms with Crippen LogP contribution in [0.1, 0.15) is 11.1 Å². The Hall–Kier alpha value is -5.88. The lowest BCUT2D eigenvalue weighted by Gasteiger charge is -2.11. The maximum atomic E-state index is 12.7. The zero-order valence-corrected chi connectivity index (χ0v) is 29.9. The Morgan fingerprint density at radius 1 is 0.941 bits per heavy atom. The smallest absolute Gasteiger partial charge is 0.375 e. The van der Waals surface area contributed by atoms with Crippen LogP contribution in [0, 0.1) is 18.6 Å². The van der Waals surface area contributed by atoms with Gasteiger partial charge in [0.15, 0.2) is 5.75 Å². The summed E-state index contributed by atoms with van der Waals surface area (Å²) < 4.78 is 51.6. The lowest BCUT2D eigenvalue weighted by atomic mass is 10.1. The molecule has 20 heteroatoms. The molecule has 17 nitrogen and oxygen atoms in total. The molecule has 2 amide bonds. The van der Waals surface area contributed by atoms with Crippen LogP contribution in [0.25, 0.3) is 5.69 Å². The molecule has 51 heavy (non-hydrogen) atoms. The lowest BCUT2D eigenvalue weighted by molar-refractivity contribution is -0.124. The molecule has 1 atom stereocenters. The molecule has 266 valence electrons. The number of hydrazine groups is 2. The molecule has 4 aromatic carbocycles. The largest absolute Gasteiger partial charge is 0.694 e. The van der Waals surface area contributed by atoms with Crippen LogP contribution in [0.2, 0.25) is 0 Å². The number of methoxy groups -OCH3 is 1. The number of benzene rings is 4. The molecule has 5 aromatic rings. The molecular weight excluding hydrogens is 720 g/mol. The fraction of sp³-hybridized carbons (Fsp3) is 0.129. The first-order valence-electron chi connectivity index (χ1n) is 14.8. The summed E-state index contributed by atoms with van der Waals surface area (Å²) in [5.74, 6) is 0.248. The summed E-state index contributed by atoms with van der Waals surface area (Å²) in [6.45, 7) is 3.82. The number of carbonyl (C=O) groups excluding carboxylic acids is 2. The second-order valence-electron chi connectivity index (χ2n) is 10.4. The number of ether oxygens (including phenoxy) is 1. The van der Waals surface area contributed by atoms with E-state index in [1.54, 1.807) is 66.7 Å². The summed E-state index contributed by atoms with van der Waals surface area (Å²) in [6.07, 6.45) is 0.542. The molecule has 0 saturated carbocycles. The Balaban J connectivity index is 0.000000238. The van der Waals surface area contributed by atoms with Crippen LogP contribution in [0.15, 0.2) is 95.9 Å². The second-order valence-corrected chi connectivity index (χ2v) is 13.4. The summed E-state index contributed by atoms with van der Waals surface area (Å²) in [5, 5.41) is 12.6. The van der Waals surface area contributed by atoms with Crippen LogP contribution in [0.3, 0.4) is 0 Å². The summed E-state index contributed by atoms with van der Waals surface area (Å²) in [5.41, 5.74) is 15.0. The van der Waals surface area contributed by atoms with Gasteiger partial charge in [-0.2, -0.15) is 5.21 Å². The number of carbonyl (C=O) groups is 2. The number of aromatic amines is 1. The number of hydrogen-bond acceptors (Lipinski definition) is 12. The van der Waals surface area contributed by atoms with E-state index in [4.69, 9.17) is 21.5 Å². The first-order chi connectivity index (χ1) is 24.5. The van der Waals surface area contributed by atoms with E-state index in [0.717, 1.165) is 11.1 Å². The number of nitrogens with zero attached hydrogens (tertiary/aromatic N) is 3. The van der Waals surface area contributed by atoms with Gasteiger partial charge in [0.05, 0.1) is 27.6 Å². The van der Waals surface area contributed by atoms with Gasteiger partial charge >= 0.3 is 8.18 Å². The van der Waals surface area contributed by atoms with Crippen molar-refractivity contribution in [2.75, 3.05) is 34.4 Å². The fourth-order valence-corrected chi connectivity index (χ4v) is 6.23. The van der Waals surface area contributed by atoms with E-state index in [2.05, 4.69) is 47.0 Å². The predicted molar refractivity (Wildman–Crippen MR) is 194 cm³/mol. The number of aromatic nitrogens is 4. The highest BCUT2D eigenvalue weighted by atomic mass is 32.2. The van der Waals surface area contributed by atoms with Crippen LogP contribution < -0.4 is 36.0 Å². The first kappa shape index (κ1) is 37.9. The van der Waals surface area contributed by atoms with Crippen molar-refractivity contribution in [2.45, 2.75) is 18.7 Å². The van der Waals surface area contributed by atoms with Crippen molar-refractivity contribution in [1.29, 1.82) is 0 Å². The highest BCUT2D eigenvalue weighted by Crippen LogP contribution is 2.31. The van der Waals surface area contributed by atoms with Crippen molar-refractivity contribution in [2.24, 2.45) is 0 Å². The SMILES string of the molecule is COCC(=O)NNc1ccc(NS(=O)(=O)c2cccc(-n3[nH]nnc3=S)c2)cc1.Cc1ccc(O[P+](=O)Nc2ccc(NNC=O)cc2)c(C)c1. The van der Waals surface area contributed by atoms with Gasteiger partial charge in [-0.15, -0.1) is 5.09 Å². The van der Waals surface area contributed by atoms with Crippen LogP contribution in [0.4, 0.5) is 22.7 Å². The van der Waals surface area contributed by atoms with Gasteiger partial charge in [-0.3, -0.25) is 36.0 Å². The van der Waals surface area contributed by atoms with E-state index in [9.17, 15) is 22.6 Å². The summed E-state index contributed by atoms with van der Waals surface area (Å²) in [7, 11) is -4.50. The number of amides is 2. The van der Waals surface area contributed by atoms with Crippen molar-refractivity contribution in [3.8, 4) is 11.4 Å². The minimum absolute atomic E-state index is 0.0422. The molecule has 1 heterocycles. The van der Waals surface area contributed by atoms with Crippen LogP contribution in [-0.4, -0.2) is 54.7 Å². The maximum Gasteiger partial charge on any atom is 0.694 e. The quantitative estimate of drug-likeness (QED) is 0.0333. The molecule has 0 saturated heterocycles. The Morgan fingerprint density at radius 3 is 2.24 bits per heavy atom. The highest BCUT2D eigenvalue weighted by molar-refractivity contribution is 7.92. The summed E-state index contributed by atoms with van der Waals surface area (Å²) in [6, 6.07) is 25.1. The third-order valence-electron chi connectivity index (χ3n) is 6.51. The Bertz CT molecular complexity index is 2130. The summed E-state index contributed by atoms with van der Waals surface area (Å²) >= 11 is 5.03. The van der Waals surface area contributed by atoms with Crippen LogP contribution in [0.5, 0.6) is 5.75 Å². The predicted octanol–water partition coefficient (Wildman–Crippen LogP) is 4.74. The van der Waals surface area contributed by atoms with Gasteiger partial charge in [0.2, 0.25) is 11.2 Å². The van der Waals surface area contributed by atoms with Crippen LogP contribution >= 0.6 is 20.4 Å². The average Bonchev–Trinajstić information content (AvgIpc) is 3.55. The molecular formula is C31H34N10O7PS2+. The minimum atomic E-state index is -3.84. The Morgan fingerprint density at radius 2 is 1.61 bits per heavy atom. The van der Waals surface area contributed by atoms with Crippen molar-refractivity contribution in [3.63, 3.8) is 0 Å². The van der Waals surface area contributed by atoms with Crippen LogP contribution in [-0.2, 0) is 28.9 Å². The molecule has 1 unspecified atom stereocenters. The third-order valence-corrected chi connectivity index (χ3v) is 8.96. The van der Waals surface area contributed by atoms with Gasteiger partial charge < -0.3 is 4.74 Å². The molecule has 5 rings (SSSR count). The minimum Gasteiger partial charge on any atom is -0.375 e. The van der Waals surface area contributed by atoms with Gasteiger partial charge in [0, 0.05) is 17.4 Å². The fourth-order valence-electron chi connectivity index (χ4n) is 4.16. The Kier molecular flexibility index (Phi) is 13.5. The van der Waals surface area contributed by atoms with Crippen molar-refractivity contribution < 1.29 is 31.8 Å². The monoisotopic (exact) mass is 753 g/mol. The Labute approximate surface area is 299 Å². The molecule has 0 radical (unpaired) electrons. The second kappa shape index (κ2) is 18.2. The molecule has 0 aliphatic rings. The average molecular weight is 754 g/mol. The van der Waals surface area contributed by atoms with Gasteiger partial charge in [-0.25, -0.2) is 17.6 Å². The first-order valence-corrected chi connectivity index (χ1v) is 17.9. The molecule has 0 spiro atoms. The van der Waals surface area contributed by atoms with E-state index in [1.165, 1.54) is 23.9 Å².